The number of hydrogen-bond donors (Lipinski definition) is 1. The molecule has 0 unspecified atom stereocenters. The van der Waals surface area contributed by atoms with Crippen molar-refractivity contribution in [1.82, 2.24) is 14.6 Å². The molecular weight excluding hydrogens is 222 g/mol. The summed E-state index contributed by atoms with van der Waals surface area (Å²) >= 11 is 1.73. The second-order valence-electron chi connectivity index (χ2n) is 3.80. The molecule has 4 nitrogen and oxygen atoms in total. The van der Waals surface area contributed by atoms with E-state index in [1.165, 1.54) is 4.88 Å². The van der Waals surface area contributed by atoms with E-state index in [4.69, 9.17) is 0 Å². The van der Waals surface area contributed by atoms with Gasteiger partial charge in [0.15, 0.2) is 0 Å². The van der Waals surface area contributed by atoms with Crippen LogP contribution >= 0.6 is 11.3 Å². The lowest BCUT2D eigenvalue weighted by atomic mass is 10.3. The molecule has 0 saturated heterocycles. The van der Waals surface area contributed by atoms with Crippen molar-refractivity contribution >= 4 is 26.9 Å². The molecule has 0 fully saturated rings. The monoisotopic (exact) mass is 233 g/mol. The van der Waals surface area contributed by atoms with Crippen LogP contribution in [0.4, 0.5) is 0 Å². The summed E-state index contributed by atoms with van der Waals surface area (Å²) in [5, 5.41) is 8.05. The fraction of sp³-hybridized carbons (Fsp3) is 0.273. The van der Waals surface area contributed by atoms with E-state index in [1.807, 2.05) is 6.92 Å². The number of nitrogens with one attached hydrogen (secondary N) is 1. The van der Waals surface area contributed by atoms with E-state index in [-0.39, 0.29) is 5.56 Å². The molecule has 0 saturated carbocycles. The smallest absolute Gasteiger partial charge is 0.273 e. The predicted octanol–water partition coefficient (Wildman–Crippen LogP) is 2.11. The van der Waals surface area contributed by atoms with E-state index < -0.39 is 0 Å². The fourth-order valence-corrected chi connectivity index (χ4v) is 3.14. The van der Waals surface area contributed by atoms with Gasteiger partial charge in [-0.1, -0.05) is 6.92 Å². The molecular formula is C11H11N3OS. The number of hydrogen-bond acceptors (Lipinski definition) is 3. The Morgan fingerprint density at radius 2 is 2.38 bits per heavy atom. The number of aryl methyl sites for hydroxylation is 2. The van der Waals surface area contributed by atoms with E-state index in [0.717, 1.165) is 27.7 Å². The van der Waals surface area contributed by atoms with Gasteiger partial charge in [-0.2, -0.15) is 5.10 Å². The number of fused-ring (bicyclic) bond motifs is 3. The van der Waals surface area contributed by atoms with E-state index in [9.17, 15) is 4.79 Å². The molecule has 0 spiro atoms. The quantitative estimate of drug-likeness (QED) is 0.699. The summed E-state index contributed by atoms with van der Waals surface area (Å²) in [7, 11) is 0. The van der Waals surface area contributed by atoms with Crippen LogP contribution in [-0.2, 0) is 6.42 Å². The van der Waals surface area contributed by atoms with Gasteiger partial charge in [0.25, 0.3) is 5.56 Å². The average Bonchev–Trinajstić information content (AvgIpc) is 2.80. The third-order valence-electron chi connectivity index (χ3n) is 2.88. The molecule has 3 heterocycles. The number of H-pyrrole nitrogens is 1. The van der Waals surface area contributed by atoms with Crippen LogP contribution in [0.25, 0.3) is 15.6 Å². The lowest BCUT2D eigenvalue weighted by molar-refractivity contribution is 1.01. The van der Waals surface area contributed by atoms with E-state index in [0.29, 0.717) is 0 Å². The maximum Gasteiger partial charge on any atom is 0.273 e. The van der Waals surface area contributed by atoms with Gasteiger partial charge in [-0.05, 0) is 13.3 Å². The molecule has 0 amide bonds. The average molecular weight is 233 g/mol. The maximum absolute atomic E-state index is 11.7. The summed E-state index contributed by atoms with van der Waals surface area (Å²) < 4.78 is 2.09. The van der Waals surface area contributed by atoms with Crippen LogP contribution < -0.4 is 5.56 Å². The highest BCUT2D eigenvalue weighted by atomic mass is 32.1. The third-order valence-corrected chi connectivity index (χ3v) is 4.14. The Morgan fingerprint density at radius 3 is 3.12 bits per heavy atom. The highest BCUT2D eigenvalue weighted by Gasteiger charge is 2.13. The van der Waals surface area contributed by atoms with Crippen LogP contribution in [0.3, 0.4) is 0 Å². The summed E-state index contributed by atoms with van der Waals surface area (Å²) in [6, 6.07) is 0. The molecule has 0 atom stereocenters. The third kappa shape index (κ3) is 1.09. The van der Waals surface area contributed by atoms with Gasteiger partial charge in [0.1, 0.15) is 4.83 Å². The summed E-state index contributed by atoms with van der Waals surface area (Å²) in [6.07, 6.45) is 4.85. The molecule has 0 aliphatic carbocycles. The Hall–Kier alpha value is -1.62. The largest absolute Gasteiger partial charge is 0.310 e. The molecule has 0 aliphatic rings. The van der Waals surface area contributed by atoms with E-state index in [1.54, 1.807) is 17.5 Å². The second kappa shape index (κ2) is 3.18. The first kappa shape index (κ1) is 9.59. The number of aromatic nitrogens is 3. The number of thiazole rings is 1. The fourth-order valence-electron chi connectivity index (χ4n) is 2.04. The van der Waals surface area contributed by atoms with Crippen molar-refractivity contribution in [3.05, 3.63) is 33.3 Å². The van der Waals surface area contributed by atoms with Crippen molar-refractivity contribution in [1.29, 1.82) is 0 Å². The van der Waals surface area contributed by atoms with Crippen LogP contribution in [0.5, 0.6) is 0 Å². The van der Waals surface area contributed by atoms with Gasteiger partial charge in [0, 0.05) is 22.2 Å². The SMILES string of the molecule is CCc1cn2c(C)c3c(=O)[nH]ncc3c2s1. The first-order valence-electron chi connectivity index (χ1n) is 5.19. The van der Waals surface area contributed by atoms with Crippen LogP contribution in [-0.4, -0.2) is 14.6 Å². The Balaban J connectivity index is 2.58. The topological polar surface area (TPSA) is 50.2 Å². The van der Waals surface area contributed by atoms with Gasteiger partial charge in [0.05, 0.1) is 11.6 Å². The van der Waals surface area contributed by atoms with Crippen molar-refractivity contribution in [2.75, 3.05) is 0 Å². The molecule has 3 rings (SSSR count). The first-order valence-corrected chi connectivity index (χ1v) is 6.00. The van der Waals surface area contributed by atoms with Crippen molar-refractivity contribution in [2.45, 2.75) is 20.3 Å². The predicted molar refractivity (Wildman–Crippen MR) is 65.3 cm³/mol. The Morgan fingerprint density at radius 1 is 1.56 bits per heavy atom. The van der Waals surface area contributed by atoms with Crippen molar-refractivity contribution < 1.29 is 0 Å². The molecule has 82 valence electrons. The number of rotatable bonds is 1. The normalized spacial score (nSPS) is 11.6. The summed E-state index contributed by atoms with van der Waals surface area (Å²) in [5.41, 5.74) is 0.883. The Bertz CT molecular complexity index is 735. The van der Waals surface area contributed by atoms with Crippen LogP contribution in [0, 0.1) is 6.92 Å². The van der Waals surface area contributed by atoms with E-state index in [2.05, 4.69) is 27.7 Å². The van der Waals surface area contributed by atoms with Gasteiger partial charge in [-0.25, -0.2) is 5.10 Å². The minimum absolute atomic E-state index is 0.107. The van der Waals surface area contributed by atoms with Gasteiger partial charge in [-0.15, -0.1) is 11.3 Å². The highest BCUT2D eigenvalue weighted by Crippen LogP contribution is 2.29. The Labute approximate surface area is 95.5 Å². The van der Waals surface area contributed by atoms with Crippen LogP contribution in [0.2, 0.25) is 0 Å². The van der Waals surface area contributed by atoms with Gasteiger partial charge in [-0.3, -0.25) is 4.79 Å². The number of aromatic amines is 1. The van der Waals surface area contributed by atoms with Crippen LogP contribution in [0.15, 0.2) is 17.2 Å². The second-order valence-corrected chi connectivity index (χ2v) is 4.91. The van der Waals surface area contributed by atoms with E-state index >= 15 is 0 Å². The molecule has 3 aromatic heterocycles. The number of nitrogens with zero attached hydrogens (tertiary/aromatic N) is 2. The first-order chi connectivity index (χ1) is 7.72. The van der Waals surface area contributed by atoms with Crippen molar-refractivity contribution in [3.63, 3.8) is 0 Å². The summed E-state index contributed by atoms with van der Waals surface area (Å²) in [4.78, 5) is 14.1. The lowest BCUT2D eigenvalue weighted by Crippen LogP contribution is -2.07. The Kier molecular flexibility index (Phi) is 1.91. The highest BCUT2D eigenvalue weighted by molar-refractivity contribution is 7.18. The molecule has 0 aromatic carbocycles. The maximum atomic E-state index is 11.7. The zero-order valence-corrected chi connectivity index (χ0v) is 9.89. The summed E-state index contributed by atoms with van der Waals surface area (Å²) in [6.45, 7) is 4.10. The van der Waals surface area contributed by atoms with Crippen molar-refractivity contribution in [2.24, 2.45) is 0 Å². The molecule has 0 radical (unpaired) electrons. The minimum atomic E-state index is -0.107. The zero-order valence-electron chi connectivity index (χ0n) is 9.07. The van der Waals surface area contributed by atoms with Crippen LogP contribution in [0.1, 0.15) is 17.5 Å². The van der Waals surface area contributed by atoms with Gasteiger partial charge >= 0.3 is 0 Å². The molecule has 16 heavy (non-hydrogen) atoms. The van der Waals surface area contributed by atoms with Gasteiger partial charge in [0.2, 0.25) is 0 Å². The summed E-state index contributed by atoms with van der Waals surface area (Å²) in [5.74, 6) is 0. The van der Waals surface area contributed by atoms with Gasteiger partial charge < -0.3 is 4.40 Å². The minimum Gasteiger partial charge on any atom is -0.310 e. The lowest BCUT2D eigenvalue weighted by Gasteiger charge is -1.90. The standard InChI is InChI=1S/C11H11N3OS/c1-3-7-5-14-6(2)9-8(11(14)16-7)4-12-13-10(9)15/h4-5H,3H2,1-2H3,(H,13,15). The molecule has 5 heteroatoms. The molecule has 0 bridgehead atoms. The molecule has 1 N–H and O–H groups in total. The van der Waals surface area contributed by atoms with Crippen molar-refractivity contribution in [3.8, 4) is 0 Å². The zero-order chi connectivity index (χ0) is 11.3. The molecule has 0 aliphatic heterocycles. The molecule has 3 aromatic rings.